The lowest BCUT2D eigenvalue weighted by Gasteiger charge is -2.32. The number of halogens is 5. The molecule has 4 atom stereocenters. The average Bonchev–Trinajstić information content (AvgIpc) is 3.05. The zero-order valence-electron chi connectivity index (χ0n) is 12.7. The Bertz CT molecular complexity index is 476. The summed E-state index contributed by atoms with van der Waals surface area (Å²) in [5.74, 6) is -3.63. The fourth-order valence-electron chi connectivity index (χ4n) is 3.35. The van der Waals surface area contributed by atoms with E-state index in [1.54, 1.807) is 0 Å². The van der Waals surface area contributed by atoms with Crippen LogP contribution in [0.1, 0.15) is 32.6 Å². The second-order valence-corrected chi connectivity index (χ2v) is 6.43. The number of fused-ring (bicyclic) bond motifs is 2. The topological polar surface area (TPSA) is 35.5 Å². The summed E-state index contributed by atoms with van der Waals surface area (Å²) in [7, 11) is 0. The first kappa shape index (κ1) is 18.2. The van der Waals surface area contributed by atoms with Gasteiger partial charge in [0.05, 0.1) is 6.61 Å². The maximum atomic E-state index is 13.2. The number of esters is 1. The van der Waals surface area contributed by atoms with Crippen molar-refractivity contribution < 1.29 is 36.2 Å². The van der Waals surface area contributed by atoms with E-state index in [1.807, 2.05) is 0 Å². The number of carbonyl (C=O) groups excluding carboxylic acids is 1. The van der Waals surface area contributed by atoms with E-state index < -0.39 is 29.9 Å². The van der Waals surface area contributed by atoms with E-state index in [9.17, 15) is 26.7 Å². The molecule has 0 spiro atoms. The molecule has 0 N–H and O–H groups in total. The van der Waals surface area contributed by atoms with Gasteiger partial charge in [-0.25, -0.2) is 13.6 Å². The largest absolute Gasteiger partial charge is 0.423 e. The van der Waals surface area contributed by atoms with Crippen molar-refractivity contribution in [2.45, 2.75) is 51.0 Å². The predicted octanol–water partition coefficient (Wildman–Crippen LogP) is 4.08. The van der Waals surface area contributed by atoms with Gasteiger partial charge in [0.2, 0.25) is 0 Å². The molecule has 0 aliphatic heterocycles. The fourth-order valence-corrected chi connectivity index (χ4v) is 3.35. The van der Waals surface area contributed by atoms with E-state index in [4.69, 9.17) is 4.74 Å². The Morgan fingerprint density at radius 1 is 1.26 bits per heavy atom. The lowest BCUT2D eigenvalue weighted by atomic mass is 9.89. The van der Waals surface area contributed by atoms with E-state index in [0.29, 0.717) is 11.8 Å². The Morgan fingerprint density at radius 3 is 2.35 bits per heavy atom. The van der Waals surface area contributed by atoms with Crippen LogP contribution in [0.15, 0.2) is 12.2 Å². The lowest BCUT2D eigenvalue weighted by Crippen LogP contribution is -2.44. The van der Waals surface area contributed by atoms with Crippen molar-refractivity contribution in [1.29, 1.82) is 0 Å². The highest BCUT2D eigenvalue weighted by molar-refractivity contribution is 5.89. The summed E-state index contributed by atoms with van der Waals surface area (Å²) < 4.78 is 72.8. The van der Waals surface area contributed by atoms with Crippen molar-refractivity contribution in [2.24, 2.45) is 17.8 Å². The zero-order valence-corrected chi connectivity index (χ0v) is 12.7. The SMILES string of the molecule is C=C(C(=O)OC(C)(OCC1CC2CCC1C2)C(F)F)C(F)(F)F. The first-order valence-electron chi connectivity index (χ1n) is 7.44. The predicted molar refractivity (Wildman–Crippen MR) is 70.6 cm³/mol. The molecule has 0 heterocycles. The molecule has 0 aromatic carbocycles. The molecule has 3 nitrogen and oxygen atoms in total. The first-order chi connectivity index (χ1) is 10.5. The highest BCUT2D eigenvalue weighted by Crippen LogP contribution is 2.48. The summed E-state index contributed by atoms with van der Waals surface area (Å²) in [6.45, 7) is 3.25. The summed E-state index contributed by atoms with van der Waals surface area (Å²) in [4.78, 5) is 11.4. The standard InChI is InChI=1S/C15H19F5O3/c1-8(15(18,19)20)12(21)23-14(2,13(16)17)22-7-11-6-9-3-4-10(11)5-9/h9-11,13H,1,3-7H2,2H3. The third-order valence-corrected chi connectivity index (χ3v) is 4.75. The van der Waals surface area contributed by atoms with Crippen molar-refractivity contribution >= 4 is 5.97 Å². The second kappa shape index (κ2) is 6.37. The summed E-state index contributed by atoms with van der Waals surface area (Å²) in [5, 5.41) is 0. The van der Waals surface area contributed by atoms with Crippen LogP contribution >= 0.6 is 0 Å². The molecule has 2 saturated carbocycles. The van der Waals surface area contributed by atoms with Crippen LogP contribution in [-0.4, -0.2) is 31.0 Å². The van der Waals surface area contributed by atoms with Crippen LogP contribution < -0.4 is 0 Å². The molecule has 0 aromatic heterocycles. The second-order valence-electron chi connectivity index (χ2n) is 6.43. The van der Waals surface area contributed by atoms with Crippen molar-refractivity contribution in [2.75, 3.05) is 6.61 Å². The molecule has 2 rings (SSSR count). The van der Waals surface area contributed by atoms with Crippen LogP contribution in [0, 0.1) is 17.8 Å². The first-order valence-corrected chi connectivity index (χ1v) is 7.44. The van der Waals surface area contributed by atoms with Gasteiger partial charge in [-0.05, 0) is 37.0 Å². The molecule has 0 radical (unpaired) electrons. The van der Waals surface area contributed by atoms with Crippen LogP contribution in [0.2, 0.25) is 0 Å². The third-order valence-electron chi connectivity index (χ3n) is 4.75. The molecule has 0 aromatic rings. The highest BCUT2D eigenvalue weighted by Gasteiger charge is 2.47. The van der Waals surface area contributed by atoms with Crippen molar-refractivity contribution in [3.63, 3.8) is 0 Å². The molecule has 8 heteroatoms. The summed E-state index contributed by atoms with van der Waals surface area (Å²) in [5.41, 5.74) is -1.84. The summed E-state index contributed by atoms with van der Waals surface area (Å²) in [6, 6.07) is 0. The molecule has 2 aliphatic rings. The van der Waals surface area contributed by atoms with E-state index >= 15 is 0 Å². The molecule has 2 aliphatic carbocycles. The van der Waals surface area contributed by atoms with E-state index in [1.165, 1.54) is 0 Å². The molecule has 0 saturated heterocycles. The van der Waals surface area contributed by atoms with Crippen LogP contribution in [-0.2, 0) is 14.3 Å². The van der Waals surface area contributed by atoms with Crippen molar-refractivity contribution in [3.05, 3.63) is 12.2 Å². The fraction of sp³-hybridized carbons (Fsp3) is 0.800. The minimum absolute atomic E-state index is 0.0617. The van der Waals surface area contributed by atoms with Gasteiger partial charge in [0.15, 0.2) is 0 Å². The van der Waals surface area contributed by atoms with Gasteiger partial charge in [0, 0.05) is 6.92 Å². The van der Waals surface area contributed by atoms with Gasteiger partial charge in [-0.1, -0.05) is 13.0 Å². The van der Waals surface area contributed by atoms with E-state index in [0.717, 1.165) is 32.6 Å². The maximum Gasteiger partial charge on any atom is 0.422 e. The quantitative estimate of drug-likeness (QED) is 0.316. The van der Waals surface area contributed by atoms with Crippen molar-refractivity contribution in [3.8, 4) is 0 Å². The Kier molecular flexibility index (Phi) is 5.03. The molecular formula is C15H19F5O3. The number of hydrogen-bond acceptors (Lipinski definition) is 3. The zero-order chi connectivity index (χ0) is 17.4. The maximum absolute atomic E-state index is 13.2. The Morgan fingerprint density at radius 2 is 1.91 bits per heavy atom. The van der Waals surface area contributed by atoms with Crippen LogP contribution in [0.3, 0.4) is 0 Å². The lowest BCUT2D eigenvalue weighted by molar-refractivity contribution is -0.276. The van der Waals surface area contributed by atoms with E-state index in [2.05, 4.69) is 11.3 Å². The molecule has 23 heavy (non-hydrogen) atoms. The minimum Gasteiger partial charge on any atom is -0.423 e. The summed E-state index contributed by atoms with van der Waals surface area (Å²) >= 11 is 0. The minimum atomic E-state index is -5.04. The van der Waals surface area contributed by atoms with Crippen molar-refractivity contribution in [1.82, 2.24) is 0 Å². The number of alkyl halides is 5. The number of hydrogen-bond donors (Lipinski definition) is 0. The molecule has 2 fully saturated rings. The Hall–Kier alpha value is -1.18. The highest BCUT2D eigenvalue weighted by atomic mass is 19.4. The normalized spacial score (nSPS) is 29.6. The molecular weight excluding hydrogens is 323 g/mol. The Labute approximate surface area is 130 Å². The number of ether oxygens (including phenoxy) is 2. The van der Waals surface area contributed by atoms with Gasteiger partial charge in [0.25, 0.3) is 5.79 Å². The monoisotopic (exact) mass is 342 g/mol. The van der Waals surface area contributed by atoms with Gasteiger partial charge in [-0.15, -0.1) is 0 Å². The number of carbonyl (C=O) groups is 1. The summed E-state index contributed by atoms with van der Waals surface area (Å²) in [6.07, 6.45) is -4.30. The average molecular weight is 342 g/mol. The molecule has 4 unspecified atom stereocenters. The third kappa shape index (κ3) is 4.02. The van der Waals surface area contributed by atoms with Gasteiger partial charge >= 0.3 is 18.6 Å². The molecule has 0 amide bonds. The van der Waals surface area contributed by atoms with Gasteiger partial charge in [-0.2, -0.15) is 13.2 Å². The van der Waals surface area contributed by atoms with Crippen LogP contribution in [0.5, 0.6) is 0 Å². The molecule has 2 bridgehead atoms. The Balaban J connectivity index is 1.95. The van der Waals surface area contributed by atoms with Crippen LogP contribution in [0.25, 0.3) is 0 Å². The smallest absolute Gasteiger partial charge is 0.422 e. The molecule has 132 valence electrons. The van der Waals surface area contributed by atoms with E-state index in [-0.39, 0.29) is 12.5 Å². The van der Waals surface area contributed by atoms with Gasteiger partial charge < -0.3 is 9.47 Å². The van der Waals surface area contributed by atoms with Gasteiger partial charge in [-0.3, -0.25) is 0 Å². The van der Waals surface area contributed by atoms with Gasteiger partial charge in [0.1, 0.15) is 5.57 Å². The number of rotatable bonds is 6. The van der Waals surface area contributed by atoms with Crippen LogP contribution in [0.4, 0.5) is 22.0 Å².